The van der Waals surface area contributed by atoms with Gasteiger partial charge in [-0.2, -0.15) is 9.40 Å². The average Bonchev–Trinajstić information content (AvgIpc) is 3.25. The lowest BCUT2D eigenvalue weighted by Crippen LogP contribution is -2.40. The molecule has 0 bridgehead atoms. The number of aromatic nitrogens is 2. The van der Waals surface area contributed by atoms with Gasteiger partial charge < -0.3 is 5.11 Å². The van der Waals surface area contributed by atoms with E-state index in [-0.39, 0.29) is 28.6 Å². The summed E-state index contributed by atoms with van der Waals surface area (Å²) < 4.78 is 41.2. The Morgan fingerprint density at radius 3 is 2.58 bits per heavy atom. The first kappa shape index (κ1) is 21.5. The number of aliphatic hydroxyl groups excluding tert-OH is 1. The predicted molar refractivity (Wildman–Crippen MR) is 116 cm³/mol. The summed E-state index contributed by atoms with van der Waals surface area (Å²) in [5, 5.41) is 16.9. The fourth-order valence-electron chi connectivity index (χ4n) is 3.50. The van der Waals surface area contributed by atoms with Crippen molar-refractivity contribution >= 4 is 21.6 Å². The van der Waals surface area contributed by atoms with Crippen molar-refractivity contribution in [3.05, 3.63) is 58.9 Å². The molecular weight excluding hydrogens is 441 g/mol. The van der Waals surface area contributed by atoms with Crippen LogP contribution in [0.3, 0.4) is 0 Å². The largest absolute Gasteiger partial charge is 0.393 e. The molecule has 0 spiro atoms. The number of halogens is 2. The van der Waals surface area contributed by atoms with Gasteiger partial charge in [0.15, 0.2) is 0 Å². The lowest BCUT2D eigenvalue weighted by molar-refractivity contribution is 0.113. The number of nitrogens with one attached hydrogen (secondary N) is 1. The smallest absolute Gasteiger partial charge is 0.244 e. The van der Waals surface area contributed by atoms with Gasteiger partial charge in [0.05, 0.1) is 28.1 Å². The number of terminal acetylenes is 1. The molecule has 1 aliphatic rings. The van der Waals surface area contributed by atoms with E-state index < -0.39 is 21.9 Å². The predicted octanol–water partition coefficient (Wildman–Crippen LogP) is 3.66. The van der Waals surface area contributed by atoms with Crippen molar-refractivity contribution in [3.63, 3.8) is 0 Å². The van der Waals surface area contributed by atoms with Gasteiger partial charge in [-0.1, -0.05) is 23.6 Å². The molecule has 31 heavy (non-hydrogen) atoms. The van der Waals surface area contributed by atoms with E-state index in [2.05, 4.69) is 16.1 Å². The van der Waals surface area contributed by atoms with Crippen LogP contribution in [0, 0.1) is 18.2 Å². The third-order valence-corrected chi connectivity index (χ3v) is 7.66. The van der Waals surface area contributed by atoms with Crippen LogP contribution in [-0.4, -0.2) is 47.2 Å². The van der Waals surface area contributed by atoms with Crippen LogP contribution in [0.4, 0.5) is 4.39 Å². The lowest BCUT2D eigenvalue weighted by atomic mass is 10.1. The fraction of sp³-hybridized carbons (Fsp3) is 0.227. The summed E-state index contributed by atoms with van der Waals surface area (Å²) in [7, 11) is -3.82. The molecule has 0 radical (unpaired) electrons. The summed E-state index contributed by atoms with van der Waals surface area (Å²) in [5.74, 6) is 1.81. The molecule has 1 aliphatic heterocycles. The summed E-state index contributed by atoms with van der Waals surface area (Å²) in [4.78, 5) is -0.0102. The van der Waals surface area contributed by atoms with Crippen LogP contribution in [0.5, 0.6) is 0 Å². The standard InChI is InChI=1S/C22H19ClFN3O3S/c1-2-14-11-15(4-6-19(14)24)20-13-21(26-25-20)16-3-5-18(23)22(12-16)31(29,30)27-9-7-17(28)8-10-27/h1,3-6,11-13,17,28H,7-10H2,(H,25,26). The number of benzene rings is 2. The molecule has 2 N–H and O–H groups in total. The zero-order valence-electron chi connectivity index (χ0n) is 16.3. The molecule has 0 saturated carbocycles. The molecule has 0 aliphatic carbocycles. The molecule has 0 unspecified atom stereocenters. The van der Waals surface area contributed by atoms with Gasteiger partial charge in [0.25, 0.3) is 0 Å². The van der Waals surface area contributed by atoms with E-state index in [9.17, 15) is 17.9 Å². The van der Waals surface area contributed by atoms with Crippen molar-refractivity contribution in [1.82, 2.24) is 14.5 Å². The van der Waals surface area contributed by atoms with E-state index in [1.165, 1.54) is 28.6 Å². The van der Waals surface area contributed by atoms with Crippen molar-refractivity contribution in [3.8, 4) is 34.9 Å². The maximum absolute atomic E-state index is 13.7. The van der Waals surface area contributed by atoms with Crippen molar-refractivity contribution in [2.45, 2.75) is 23.8 Å². The Morgan fingerprint density at radius 2 is 1.87 bits per heavy atom. The first-order valence-corrected chi connectivity index (χ1v) is 11.4. The number of H-pyrrole nitrogens is 1. The zero-order chi connectivity index (χ0) is 22.2. The molecule has 6 nitrogen and oxygen atoms in total. The van der Waals surface area contributed by atoms with Crippen molar-refractivity contribution < 1.29 is 17.9 Å². The van der Waals surface area contributed by atoms with Crippen LogP contribution in [0.25, 0.3) is 22.5 Å². The van der Waals surface area contributed by atoms with Crippen molar-refractivity contribution in [2.24, 2.45) is 0 Å². The molecule has 9 heteroatoms. The van der Waals surface area contributed by atoms with E-state index >= 15 is 0 Å². The van der Waals surface area contributed by atoms with Crippen LogP contribution < -0.4 is 0 Å². The number of aromatic amines is 1. The second-order valence-electron chi connectivity index (χ2n) is 7.29. The maximum atomic E-state index is 13.7. The first-order chi connectivity index (χ1) is 14.8. The van der Waals surface area contributed by atoms with Gasteiger partial charge in [-0.05, 0) is 49.2 Å². The number of nitrogens with zero attached hydrogens (tertiary/aromatic N) is 2. The minimum Gasteiger partial charge on any atom is -0.393 e. The Bertz CT molecular complexity index is 1280. The topological polar surface area (TPSA) is 86.3 Å². The molecule has 1 saturated heterocycles. The number of aliphatic hydroxyl groups is 1. The van der Waals surface area contributed by atoms with Gasteiger partial charge in [0.1, 0.15) is 10.7 Å². The fourth-order valence-corrected chi connectivity index (χ4v) is 5.47. The quantitative estimate of drug-likeness (QED) is 0.583. The van der Waals surface area contributed by atoms with Crippen molar-refractivity contribution in [1.29, 1.82) is 0 Å². The zero-order valence-corrected chi connectivity index (χ0v) is 17.9. The van der Waals surface area contributed by atoms with Gasteiger partial charge in [-0.15, -0.1) is 6.42 Å². The number of piperidine rings is 1. The second kappa shape index (κ2) is 8.44. The lowest BCUT2D eigenvalue weighted by Gasteiger charge is -2.29. The van der Waals surface area contributed by atoms with Gasteiger partial charge in [0.2, 0.25) is 10.0 Å². The van der Waals surface area contributed by atoms with E-state index in [0.717, 1.165) is 0 Å². The highest BCUT2D eigenvalue weighted by atomic mass is 35.5. The summed E-state index contributed by atoms with van der Waals surface area (Å²) in [6.45, 7) is 0.470. The Morgan fingerprint density at radius 1 is 1.16 bits per heavy atom. The Balaban J connectivity index is 1.67. The normalized spacial score (nSPS) is 15.7. The first-order valence-electron chi connectivity index (χ1n) is 9.59. The Labute approximate surface area is 184 Å². The summed E-state index contributed by atoms with van der Waals surface area (Å²) >= 11 is 6.23. The minimum atomic E-state index is -3.82. The number of hydrogen-bond donors (Lipinski definition) is 2. The minimum absolute atomic E-state index is 0.0102. The highest BCUT2D eigenvalue weighted by Gasteiger charge is 2.30. The van der Waals surface area contributed by atoms with Crippen molar-refractivity contribution in [2.75, 3.05) is 13.1 Å². The maximum Gasteiger partial charge on any atom is 0.244 e. The van der Waals surface area contributed by atoms with E-state index in [4.69, 9.17) is 18.0 Å². The molecule has 3 aromatic rings. The third kappa shape index (κ3) is 4.23. The molecule has 2 heterocycles. The third-order valence-electron chi connectivity index (χ3n) is 5.28. The second-order valence-corrected chi connectivity index (χ2v) is 9.60. The highest BCUT2D eigenvalue weighted by Crippen LogP contribution is 2.32. The van der Waals surface area contributed by atoms with Crippen LogP contribution in [0.1, 0.15) is 18.4 Å². The molecule has 0 amide bonds. The summed E-state index contributed by atoms with van der Waals surface area (Å²) in [6.07, 6.45) is 5.61. The average molecular weight is 460 g/mol. The Kier molecular flexibility index (Phi) is 5.86. The number of hydrogen-bond acceptors (Lipinski definition) is 4. The van der Waals surface area contributed by atoms with E-state index in [1.54, 1.807) is 18.2 Å². The van der Waals surface area contributed by atoms with E-state index in [1.807, 2.05) is 0 Å². The van der Waals surface area contributed by atoms with Crippen LogP contribution in [-0.2, 0) is 10.0 Å². The molecule has 1 fully saturated rings. The number of sulfonamides is 1. The molecule has 4 rings (SSSR count). The molecule has 160 valence electrons. The molecule has 1 aromatic heterocycles. The van der Waals surface area contributed by atoms with Gasteiger partial charge in [-0.25, -0.2) is 12.8 Å². The summed E-state index contributed by atoms with van der Waals surface area (Å²) in [6, 6.07) is 10.8. The highest BCUT2D eigenvalue weighted by molar-refractivity contribution is 7.89. The Hall–Kier alpha value is -2.70. The van der Waals surface area contributed by atoms with Crippen LogP contribution in [0.2, 0.25) is 5.02 Å². The van der Waals surface area contributed by atoms with Gasteiger partial charge in [-0.3, -0.25) is 5.10 Å². The SMILES string of the molecule is C#Cc1cc(-c2cc(-c3ccc(Cl)c(S(=O)(=O)N4CCC(O)CC4)c3)n[nH]2)ccc1F. The molecule has 2 aromatic carbocycles. The van der Waals surface area contributed by atoms with Crippen LogP contribution in [0.15, 0.2) is 47.4 Å². The van der Waals surface area contributed by atoms with Gasteiger partial charge in [0, 0.05) is 24.2 Å². The van der Waals surface area contributed by atoms with E-state index in [0.29, 0.717) is 35.4 Å². The monoisotopic (exact) mass is 459 g/mol. The van der Waals surface area contributed by atoms with Gasteiger partial charge >= 0.3 is 0 Å². The summed E-state index contributed by atoms with van der Waals surface area (Å²) in [5.41, 5.74) is 2.46. The molecule has 0 atom stereocenters. The van der Waals surface area contributed by atoms with Crippen LogP contribution >= 0.6 is 11.6 Å². The molecular formula is C22H19ClFN3O3S. The number of rotatable bonds is 4.